The zero-order valence-corrected chi connectivity index (χ0v) is 13.9. The second kappa shape index (κ2) is 8.15. The molecule has 1 amide bonds. The van der Waals surface area contributed by atoms with Crippen molar-refractivity contribution in [1.29, 1.82) is 0 Å². The molecule has 0 spiro atoms. The highest BCUT2D eigenvalue weighted by Gasteiger charge is 2.39. The predicted octanol–water partition coefficient (Wildman–Crippen LogP) is 3.10. The van der Waals surface area contributed by atoms with Gasteiger partial charge in [-0.3, -0.25) is 10.1 Å². The summed E-state index contributed by atoms with van der Waals surface area (Å²) in [6.07, 6.45) is 6.71. The summed E-state index contributed by atoms with van der Waals surface area (Å²) >= 11 is 1.88. The molecule has 0 aliphatic carbocycles. The maximum absolute atomic E-state index is 12.5. The van der Waals surface area contributed by atoms with Crippen LogP contribution in [0.5, 0.6) is 0 Å². The van der Waals surface area contributed by atoms with Gasteiger partial charge in [0.1, 0.15) is 0 Å². The molecule has 0 saturated carbocycles. The van der Waals surface area contributed by atoms with Crippen LogP contribution < -0.4 is 5.32 Å². The van der Waals surface area contributed by atoms with Gasteiger partial charge in [0.2, 0.25) is 5.91 Å². The van der Waals surface area contributed by atoms with Crippen LogP contribution in [0.25, 0.3) is 0 Å². The fourth-order valence-electron chi connectivity index (χ4n) is 2.56. The molecule has 1 saturated heterocycles. The van der Waals surface area contributed by atoms with Crippen LogP contribution in [0.4, 0.5) is 0 Å². The van der Waals surface area contributed by atoms with Crippen molar-refractivity contribution in [2.45, 2.75) is 70.8 Å². The van der Waals surface area contributed by atoms with Crippen molar-refractivity contribution in [2.24, 2.45) is 5.92 Å². The van der Waals surface area contributed by atoms with Crippen LogP contribution in [-0.4, -0.2) is 41.1 Å². The molecule has 0 aromatic carbocycles. The van der Waals surface area contributed by atoms with Gasteiger partial charge >= 0.3 is 0 Å². The molecule has 1 aliphatic heterocycles. The van der Waals surface area contributed by atoms with Gasteiger partial charge in [0.25, 0.3) is 0 Å². The van der Waals surface area contributed by atoms with Crippen LogP contribution in [0.15, 0.2) is 0 Å². The summed E-state index contributed by atoms with van der Waals surface area (Å²) < 4.78 is 0. The average molecular weight is 286 g/mol. The Kier molecular flexibility index (Phi) is 7.22. The quantitative estimate of drug-likeness (QED) is 0.744. The number of carbonyl (C=O) groups excluding carboxylic acids is 1. The summed E-state index contributed by atoms with van der Waals surface area (Å²) in [7, 11) is 0. The summed E-state index contributed by atoms with van der Waals surface area (Å²) in [5.41, 5.74) is 0. The van der Waals surface area contributed by atoms with Crippen molar-refractivity contribution in [3.8, 4) is 0 Å². The lowest BCUT2D eigenvalue weighted by molar-refractivity contribution is -0.130. The summed E-state index contributed by atoms with van der Waals surface area (Å²) in [5, 5.41) is 4.16. The van der Waals surface area contributed by atoms with Crippen molar-refractivity contribution in [2.75, 3.05) is 12.8 Å². The molecule has 0 aromatic heterocycles. The van der Waals surface area contributed by atoms with Gasteiger partial charge in [0.05, 0.1) is 12.2 Å². The number of rotatable bonds is 8. The first kappa shape index (κ1) is 16.8. The van der Waals surface area contributed by atoms with E-state index in [0.29, 0.717) is 17.1 Å². The molecule has 1 fully saturated rings. The monoisotopic (exact) mass is 286 g/mol. The topological polar surface area (TPSA) is 32.3 Å². The molecule has 0 bridgehead atoms. The molecule has 0 radical (unpaired) electrons. The Bertz CT molecular complexity index is 283. The van der Waals surface area contributed by atoms with Gasteiger partial charge in [0.15, 0.2) is 0 Å². The third-order valence-corrected chi connectivity index (χ3v) is 4.99. The van der Waals surface area contributed by atoms with Gasteiger partial charge in [0, 0.05) is 11.8 Å². The zero-order valence-electron chi connectivity index (χ0n) is 13.1. The lowest BCUT2D eigenvalue weighted by Crippen LogP contribution is -2.42. The van der Waals surface area contributed by atoms with Crippen molar-refractivity contribution in [3.63, 3.8) is 0 Å². The summed E-state index contributed by atoms with van der Waals surface area (Å²) in [5.74, 6) is 0.792. The van der Waals surface area contributed by atoms with Crippen molar-refractivity contribution in [1.82, 2.24) is 10.2 Å². The third-order valence-electron chi connectivity index (χ3n) is 3.95. The Morgan fingerprint density at radius 3 is 2.58 bits per heavy atom. The second-order valence-corrected chi connectivity index (χ2v) is 7.19. The second-order valence-electron chi connectivity index (χ2n) is 5.92. The van der Waals surface area contributed by atoms with Crippen LogP contribution >= 0.6 is 11.8 Å². The van der Waals surface area contributed by atoms with E-state index in [4.69, 9.17) is 0 Å². The lowest BCUT2D eigenvalue weighted by Gasteiger charge is -2.28. The number of carbonyl (C=O) groups is 1. The highest BCUT2D eigenvalue weighted by atomic mass is 32.2. The van der Waals surface area contributed by atoms with Crippen molar-refractivity contribution in [3.05, 3.63) is 0 Å². The van der Waals surface area contributed by atoms with Gasteiger partial charge in [-0.15, -0.1) is 0 Å². The largest absolute Gasteiger partial charge is 0.325 e. The van der Waals surface area contributed by atoms with Crippen LogP contribution in [0.2, 0.25) is 0 Å². The fraction of sp³-hybridized carbons (Fsp3) is 0.933. The maximum Gasteiger partial charge on any atom is 0.241 e. The Hall–Kier alpha value is -0.220. The normalized spacial score (nSPS) is 25.4. The van der Waals surface area contributed by atoms with Gasteiger partial charge in [-0.1, -0.05) is 40.5 Å². The average Bonchev–Trinajstić information content (AvgIpc) is 2.70. The maximum atomic E-state index is 12.5. The van der Waals surface area contributed by atoms with Crippen LogP contribution in [0, 0.1) is 5.92 Å². The van der Waals surface area contributed by atoms with Crippen molar-refractivity contribution >= 4 is 17.7 Å². The number of hydrogen-bond donors (Lipinski definition) is 1. The Morgan fingerprint density at radius 2 is 2.05 bits per heavy atom. The third kappa shape index (κ3) is 4.67. The molecule has 19 heavy (non-hydrogen) atoms. The minimum atomic E-state index is 0.0527. The minimum Gasteiger partial charge on any atom is -0.325 e. The number of amides is 1. The molecule has 1 N–H and O–H groups in total. The van der Waals surface area contributed by atoms with Gasteiger partial charge in [-0.05, 0) is 25.0 Å². The van der Waals surface area contributed by atoms with E-state index in [1.54, 1.807) is 0 Å². The number of thioether (sulfide) groups is 1. The summed E-state index contributed by atoms with van der Waals surface area (Å²) in [6, 6.07) is 0.0527. The molecule has 0 aromatic rings. The summed E-state index contributed by atoms with van der Waals surface area (Å²) in [4.78, 5) is 14.6. The van der Waals surface area contributed by atoms with E-state index in [0.717, 1.165) is 32.2 Å². The van der Waals surface area contributed by atoms with E-state index in [-0.39, 0.29) is 12.2 Å². The zero-order chi connectivity index (χ0) is 14.4. The first-order chi connectivity index (χ1) is 9.01. The van der Waals surface area contributed by atoms with E-state index in [9.17, 15) is 4.79 Å². The Labute approximate surface area is 122 Å². The van der Waals surface area contributed by atoms with Gasteiger partial charge in [-0.25, -0.2) is 0 Å². The van der Waals surface area contributed by atoms with Crippen LogP contribution in [0.1, 0.15) is 53.4 Å². The smallest absolute Gasteiger partial charge is 0.241 e. The molecule has 3 nitrogen and oxygen atoms in total. The molecule has 112 valence electrons. The molecule has 1 rings (SSSR count). The molecular formula is C15H30N2OS. The van der Waals surface area contributed by atoms with Gasteiger partial charge in [-0.2, -0.15) is 11.8 Å². The SMILES string of the molecule is CCCCC1NC(C(C)C)N(CCC(C)SC)C1=O. The van der Waals surface area contributed by atoms with E-state index < -0.39 is 0 Å². The minimum absolute atomic E-state index is 0.0527. The predicted molar refractivity (Wildman–Crippen MR) is 84.4 cm³/mol. The first-order valence-corrected chi connectivity index (χ1v) is 8.89. The molecule has 1 heterocycles. The molecule has 4 heteroatoms. The number of hydrogen-bond acceptors (Lipinski definition) is 3. The molecule has 3 unspecified atom stereocenters. The lowest BCUT2D eigenvalue weighted by atomic mass is 10.1. The van der Waals surface area contributed by atoms with E-state index >= 15 is 0 Å². The highest BCUT2D eigenvalue weighted by Crippen LogP contribution is 2.22. The fourth-order valence-corrected chi connectivity index (χ4v) is 2.90. The molecule has 1 aliphatic rings. The number of nitrogens with one attached hydrogen (secondary N) is 1. The summed E-state index contributed by atoms with van der Waals surface area (Å²) in [6.45, 7) is 9.68. The van der Waals surface area contributed by atoms with E-state index in [1.807, 2.05) is 11.8 Å². The Morgan fingerprint density at radius 1 is 1.37 bits per heavy atom. The van der Waals surface area contributed by atoms with E-state index in [2.05, 4.69) is 44.2 Å². The molecular weight excluding hydrogens is 256 g/mol. The van der Waals surface area contributed by atoms with Crippen LogP contribution in [-0.2, 0) is 4.79 Å². The first-order valence-electron chi connectivity index (χ1n) is 7.60. The van der Waals surface area contributed by atoms with Gasteiger partial charge < -0.3 is 4.90 Å². The highest BCUT2D eigenvalue weighted by molar-refractivity contribution is 7.99. The number of nitrogens with zero attached hydrogens (tertiary/aromatic N) is 1. The number of unbranched alkanes of at least 4 members (excludes halogenated alkanes) is 1. The standard InChI is InChI=1S/C15H30N2OS/c1-6-7-8-13-15(18)17(10-9-12(4)19-5)14(16-13)11(2)3/h11-14,16H,6-10H2,1-5H3. The van der Waals surface area contributed by atoms with Crippen molar-refractivity contribution < 1.29 is 4.79 Å². The molecule has 3 atom stereocenters. The van der Waals surface area contributed by atoms with Crippen LogP contribution in [0.3, 0.4) is 0 Å². The Balaban J connectivity index is 2.61. The van der Waals surface area contributed by atoms with E-state index in [1.165, 1.54) is 0 Å².